The summed E-state index contributed by atoms with van der Waals surface area (Å²) < 4.78 is 21.4. The molecule has 1 aromatic heterocycles. The summed E-state index contributed by atoms with van der Waals surface area (Å²) in [6.07, 6.45) is 5.18. The van der Waals surface area contributed by atoms with Crippen LogP contribution in [-0.4, -0.2) is 45.8 Å². The van der Waals surface area contributed by atoms with E-state index in [9.17, 15) is 14.0 Å². The van der Waals surface area contributed by atoms with E-state index < -0.39 is 11.5 Å². The van der Waals surface area contributed by atoms with Gasteiger partial charge in [0.1, 0.15) is 17.4 Å². The number of carbonyl (C=O) groups is 1. The highest BCUT2D eigenvalue weighted by atomic mass is 19.1. The Balaban J connectivity index is 1.31. The van der Waals surface area contributed by atoms with Gasteiger partial charge in [0.2, 0.25) is 5.91 Å². The van der Waals surface area contributed by atoms with E-state index in [0.29, 0.717) is 30.9 Å². The molecule has 8 heteroatoms. The lowest BCUT2D eigenvalue weighted by atomic mass is 10.0. The van der Waals surface area contributed by atoms with Crippen molar-refractivity contribution < 1.29 is 13.9 Å². The first kappa shape index (κ1) is 19.8. The third-order valence-electron chi connectivity index (χ3n) is 6.40. The second-order valence-electron chi connectivity index (χ2n) is 8.57. The summed E-state index contributed by atoms with van der Waals surface area (Å²) in [4.78, 5) is 26.7. The van der Waals surface area contributed by atoms with Gasteiger partial charge in [0.05, 0.1) is 12.8 Å². The van der Waals surface area contributed by atoms with Crippen LogP contribution < -0.4 is 10.4 Å². The third-order valence-corrected chi connectivity index (χ3v) is 6.40. The summed E-state index contributed by atoms with van der Waals surface area (Å²) in [6, 6.07) is 7.42. The molecular formula is C23H25FN4O3. The Morgan fingerprint density at radius 1 is 1.26 bits per heavy atom. The number of aromatic amines is 1. The van der Waals surface area contributed by atoms with Gasteiger partial charge in [-0.2, -0.15) is 5.10 Å². The van der Waals surface area contributed by atoms with E-state index in [1.807, 2.05) is 29.2 Å². The molecule has 1 aromatic carbocycles. The van der Waals surface area contributed by atoms with Crippen molar-refractivity contribution >= 4 is 17.2 Å². The van der Waals surface area contributed by atoms with Crippen molar-refractivity contribution in [2.75, 3.05) is 20.2 Å². The molecule has 1 N–H and O–H groups in total. The van der Waals surface area contributed by atoms with Gasteiger partial charge >= 0.3 is 5.69 Å². The molecule has 3 aliphatic rings. The molecule has 1 atom stereocenters. The van der Waals surface area contributed by atoms with Crippen molar-refractivity contribution in [3.8, 4) is 5.75 Å². The average molecular weight is 424 g/mol. The van der Waals surface area contributed by atoms with Crippen molar-refractivity contribution in [1.82, 2.24) is 19.7 Å². The molecule has 162 valence electrons. The number of rotatable bonds is 6. The lowest BCUT2D eigenvalue weighted by Gasteiger charge is -2.16. The van der Waals surface area contributed by atoms with Crippen LogP contribution >= 0.6 is 0 Å². The first-order valence-electron chi connectivity index (χ1n) is 10.7. The first-order valence-corrected chi connectivity index (χ1v) is 10.7. The van der Waals surface area contributed by atoms with E-state index in [2.05, 4.69) is 10.2 Å². The molecule has 1 saturated carbocycles. The normalized spacial score (nSPS) is 21.0. The number of H-pyrrole nitrogens is 1. The lowest BCUT2D eigenvalue weighted by Crippen LogP contribution is -2.30. The molecule has 31 heavy (non-hydrogen) atoms. The van der Waals surface area contributed by atoms with Gasteiger partial charge in [-0.05, 0) is 54.5 Å². The number of ether oxygens (including phenoxy) is 1. The van der Waals surface area contributed by atoms with Crippen LogP contribution in [0.1, 0.15) is 37.1 Å². The summed E-state index contributed by atoms with van der Waals surface area (Å²) in [5, 5.41) is 6.65. The smallest absolute Gasteiger partial charge is 0.347 e. The average Bonchev–Trinajstić information content (AvgIpc) is 3.26. The van der Waals surface area contributed by atoms with Crippen molar-refractivity contribution in [1.29, 1.82) is 0 Å². The Bertz CT molecular complexity index is 1120. The molecular weight excluding hydrogens is 399 g/mol. The Kier molecular flexibility index (Phi) is 5.00. The summed E-state index contributed by atoms with van der Waals surface area (Å²) in [7, 11) is 1.60. The molecule has 1 aliphatic heterocycles. The summed E-state index contributed by atoms with van der Waals surface area (Å²) in [5.41, 5.74) is 1.56. The highest BCUT2D eigenvalue weighted by Crippen LogP contribution is 2.37. The third kappa shape index (κ3) is 3.82. The van der Waals surface area contributed by atoms with Gasteiger partial charge < -0.3 is 9.64 Å². The zero-order valence-electron chi connectivity index (χ0n) is 17.4. The van der Waals surface area contributed by atoms with Crippen LogP contribution in [0.3, 0.4) is 0 Å². The number of benzene rings is 1. The van der Waals surface area contributed by atoms with Crippen LogP contribution in [-0.2, 0) is 11.2 Å². The van der Waals surface area contributed by atoms with E-state index in [1.165, 1.54) is 10.6 Å². The number of methoxy groups -OCH3 is 1. The minimum atomic E-state index is -0.437. The predicted octanol–water partition coefficient (Wildman–Crippen LogP) is 3.01. The topological polar surface area (TPSA) is 80.2 Å². The van der Waals surface area contributed by atoms with E-state index in [0.717, 1.165) is 42.7 Å². The van der Waals surface area contributed by atoms with E-state index in [-0.39, 0.29) is 17.7 Å². The Hall–Kier alpha value is -3.16. The van der Waals surface area contributed by atoms with Crippen LogP contribution in [0.5, 0.6) is 5.75 Å². The molecule has 2 aliphatic carbocycles. The first-order chi connectivity index (χ1) is 15.0. The fourth-order valence-electron chi connectivity index (χ4n) is 4.52. The largest absolute Gasteiger partial charge is 0.497 e. The molecule has 0 spiro atoms. The van der Waals surface area contributed by atoms with Crippen LogP contribution in [0, 0.1) is 11.8 Å². The van der Waals surface area contributed by atoms with E-state index in [1.54, 1.807) is 7.11 Å². The lowest BCUT2D eigenvalue weighted by molar-refractivity contribution is -0.131. The zero-order valence-corrected chi connectivity index (χ0v) is 17.4. The van der Waals surface area contributed by atoms with Gasteiger partial charge in [0.25, 0.3) is 0 Å². The van der Waals surface area contributed by atoms with Gasteiger partial charge in [-0.3, -0.25) is 4.79 Å². The molecule has 1 saturated heterocycles. The number of likely N-dealkylation sites (tertiary alicyclic amines) is 1. The van der Waals surface area contributed by atoms with Gasteiger partial charge in [0.15, 0.2) is 0 Å². The Morgan fingerprint density at radius 3 is 2.74 bits per heavy atom. The maximum absolute atomic E-state index is 14.9. The summed E-state index contributed by atoms with van der Waals surface area (Å²) in [6.45, 7) is 1.42. The number of hydrogen-bond donors (Lipinski definition) is 1. The molecule has 0 unspecified atom stereocenters. The van der Waals surface area contributed by atoms with Crippen LogP contribution in [0.25, 0.3) is 11.3 Å². The second kappa shape index (κ2) is 7.83. The van der Waals surface area contributed by atoms with Crippen LogP contribution in [0.4, 0.5) is 4.39 Å². The SMILES string of the molecule is COc1ccc(C2=CC(F)=C(n3c(C[C@@H]4CCN(C(=O)C5CC5)C4)n[nH]c3=O)C2)cc1. The van der Waals surface area contributed by atoms with Gasteiger partial charge in [0, 0.05) is 31.8 Å². The molecule has 7 nitrogen and oxygen atoms in total. The predicted molar refractivity (Wildman–Crippen MR) is 114 cm³/mol. The molecule has 2 fully saturated rings. The fraction of sp³-hybridized carbons (Fsp3) is 0.435. The molecule has 0 bridgehead atoms. The van der Waals surface area contributed by atoms with Crippen LogP contribution in [0.2, 0.25) is 0 Å². The number of nitrogens with one attached hydrogen (secondary N) is 1. The van der Waals surface area contributed by atoms with Gasteiger partial charge in [-0.25, -0.2) is 18.9 Å². The maximum atomic E-state index is 14.9. The molecule has 5 rings (SSSR count). The number of halogens is 1. The fourth-order valence-corrected chi connectivity index (χ4v) is 4.52. The summed E-state index contributed by atoms with van der Waals surface area (Å²) in [5.74, 6) is 1.51. The van der Waals surface area contributed by atoms with Crippen molar-refractivity contribution in [2.24, 2.45) is 11.8 Å². The van der Waals surface area contributed by atoms with Gasteiger partial charge in [-0.15, -0.1) is 0 Å². The highest BCUT2D eigenvalue weighted by Gasteiger charge is 2.37. The van der Waals surface area contributed by atoms with Crippen molar-refractivity contribution in [3.05, 3.63) is 58.0 Å². The molecule has 2 heterocycles. The number of allylic oxidation sites excluding steroid dienone is 4. The molecule has 1 amide bonds. The van der Waals surface area contributed by atoms with E-state index >= 15 is 0 Å². The maximum Gasteiger partial charge on any atom is 0.347 e. The van der Waals surface area contributed by atoms with Crippen molar-refractivity contribution in [3.63, 3.8) is 0 Å². The Morgan fingerprint density at radius 2 is 2.03 bits per heavy atom. The molecule has 0 radical (unpaired) electrons. The number of amides is 1. The second-order valence-corrected chi connectivity index (χ2v) is 8.57. The van der Waals surface area contributed by atoms with Crippen LogP contribution in [0.15, 0.2) is 41.0 Å². The zero-order chi connectivity index (χ0) is 21.5. The quantitative estimate of drug-likeness (QED) is 0.773. The number of hydrogen-bond acceptors (Lipinski definition) is 4. The monoisotopic (exact) mass is 424 g/mol. The number of aromatic nitrogens is 3. The molecule has 2 aromatic rings. The number of nitrogens with zero attached hydrogens (tertiary/aromatic N) is 3. The number of carbonyl (C=O) groups excluding carboxylic acids is 1. The van der Waals surface area contributed by atoms with Crippen molar-refractivity contribution in [2.45, 2.75) is 32.1 Å². The standard InChI is InChI=1S/C23H25FN4O3/c1-31-18-6-4-15(5-7-18)17-11-19(24)20(12-17)28-21(25-26-23(28)30)10-14-8-9-27(13-14)22(29)16-2-3-16/h4-7,11,14,16H,2-3,8-10,12-13H2,1H3,(H,26,30)/t14-/m0/s1. The highest BCUT2D eigenvalue weighted by molar-refractivity contribution is 5.83. The van der Waals surface area contributed by atoms with Gasteiger partial charge in [-0.1, -0.05) is 12.1 Å². The Labute approximate surface area is 179 Å². The minimum absolute atomic E-state index is 0.211. The van der Waals surface area contributed by atoms with E-state index in [4.69, 9.17) is 4.74 Å². The minimum Gasteiger partial charge on any atom is -0.497 e. The summed E-state index contributed by atoms with van der Waals surface area (Å²) >= 11 is 0.